The summed E-state index contributed by atoms with van der Waals surface area (Å²) in [5.74, 6) is 0. The molecule has 1 heterocycles. The van der Waals surface area contributed by atoms with E-state index in [-0.39, 0.29) is 18.2 Å². The number of urea groups is 1. The van der Waals surface area contributed by atoms with Gasteiger partial charge in [-0.05, 0) is 57.4 Å². The Balaban J connectivity index is 1.95. The number of nitrogens with zero attached hydrogens (tertiary/aromatic N) is 2. The zero-order valence-electron chi connectivity index (χ0n) is 15.9. The maximum absolute atomic E-state index is 12.3. The number of hydrogen-bond acceptors (Lipinski definition) is 3. The highest BCUT2D eigenvalue weighted by atomic mass is 16.5. The number of hydrogen-bond donors (Lipinski definition) is 2. The lowest BCUT2D eigenvalue weighted by molar-refractivity contribution is 0.119. The predicted molar refractivity (Wildman–Crippen MR) is 99.9 cm³/mol. The fourth-order valence-electron chi connectivity index (χ4n) is 2.87. The van der Waals surface area contributed by atoms with Gasteiger partial charge in [-0.3, -0.25) is 4.68 Å². The lowest BCUT2D eigenvalue weighted by Crippen LogP contribution is -2.37. The minimum atomic E-state index is -0.214. The molecule has 2 atom stereocenters. The van der Waals surface area contributed by atoms with Crippen LogP contribution in [0.5, 0.6) is 0 Å². The van der Waals surface area contributed by atoms with Gasteiger partial charge in [0.15, 0.2) is 0 Å². The van der Waals surface area contributed by atoms with E-state index in [4.69, 9.17) is 4.74 Å². The summed E-state index contributed by atoms with van der Waals surface area (Å²) in [5.41, 5.74) is 5.10. The number of aromatic nitrogens is 2. The van der Waals surface area contributed by atoms with Crippen LogP contribution in [0.2, 0.25) is 0 Å². The summed E-state index contributed by atoms with van der Waals surface area (Å²) < 4.78 is 7.19. The first-order chi connectivity index (χ1) is 11.8. The van der Waals surface area contributed by atoms with Crippen molar-refractivity contribution in [1.29, 1.82) is 0 Å². The standard InChI is InChI=1S/C19H28N4O2/c1-12(10-18-13(2)22-23(5)14(18)3)20-19(24)21-17-9-7-8-16(11-17)15(4)25-6/h7-9,11-12,15H,10H2,1-6H3,(H2,20,21,24)/t12-,15+/m0/s1. The fourth-order valence-corrected chi connectivity index (χ4v) is 2.87. The molecule has 0 fully saturated rings. The van der Waals surface area contributed by atoms with Crippen LogP contribution in [-0.2, 0) is 18.2 Å². The van der Waals surface area contributed by atoms with E-state index >= 15 is 0 Å². The number of benzene rings is 1. The van der Waals surface area contributed by atoms with E-state index in [0.717, 1.165) is 29.1 Å². The van der Waals surface area contributed by atoms with Crippen LogP contribution in [0.4, 0.5) is 10.5 Å². The molecule has 0 saturated heterocycles. The first-order valence-electron chi connectivity index (χ1n) is 8.51. The van der Waals surface area contributed by atoms with E-state index in [9.17, 15) is 4.79 Å². The van der Waals surface area contributed by atoms with E-state index < -0.39 is 0 Å². The quantitative estimate of drug-likeness (QED) is 0.843. The molecule has 0 unspecified atom stereocenters. The van der Waals surface area contributed by atoms with Gasteiger partial charge >= 0.3 is 6.03 Å². The number of carbonyl (C=O) groups is 1. The number of nitrogens with one attached hydrogen (secondary N) is 2. The molecule has 0 radical (unpaired) electrons. The Labute approximate surface area is 149 Å². The Kier molecular flexibility index (Phi) is 6.20. The van der Waals surface area contributed by atoms with Gasteiger partial charge in [0.05, 0.1) is 11.8 Å². The summed E-state index contributed by atoms with van der Waals surface area (Å²) in [7, 11) is 3.60. The zero-order valence-corrected chi connectivity index (χ0v) is 15.9. The topological polar surface area (TPSA) is 68.2 Å². The maximum Gasteiger partial charge on any atom is 0.319 e. The van der Waals surface area contributed by atoms with Gasteiger partial charge in [0, 0.05) is 31.6 Å². The number of carbonyl (C=O) groups excluding carboxylic acids is 1. The molecule has 1 aromatic heterocycles. The molecule has 2 rings (SSSR count). The van der Waals surface area contributed by atoms with Crippen molar-refractivity contribution in [2.75, 3.05) is 12.4 Å². The Morgan fingerprint density at radius 1 is 1.32 bits per heavy atom. The third kappa shape index (κ3) is 4.82. The molecule has 0 bridgehead atoms. The second kappa shape index (κ2) is 8.16. The SMILES string of the molecule is CO[C@H](C)c1cccc(NC(=O)N[C@@H](C)Cc2c(C)nn(C)c2C)c1. The summed E-state index contributed by atoms with van der Waals surface area (Å²) in [6.07, 6.45) is 0.736. The molecular weight excluding hydrogens is 316 g/mol. The zero-order chi connectivity index (χ0) is 18.6. The molecule has 0 saturated carbocycles. The summed E-state index contributed by atoms with van der Waals surface area (Å²) in [4.78, 5) is 12.3. The van der Waals surface area contributed by atoms with Crippen LogP contribution in [-0.4, -0.2) is 29.0 Å². The number of methoxy groups -OCH3 is 1. The van der Waals surface area contributed by atoms with Crippen molar-refractivity contribution < 1.29 is 9.53 Å². The Hall–Kier alpha value is -2.34. The largest absolute Gasteiger partial charge is 0.377 e. The minimum absolute atomic E-state index is 0.00248. The van der Waals surface area contributed by atoms with Crippen LogP contribution < -0.4 is 10.6 Å². The van der Waals surface area contributed by atoms with Crippen LogP contribution in [0.25, 0.3) is 0 Å². The van der Waals surface area contributed by atoms with Crippen molar-refractivity contribution in [3.05, 3.63) is 46.8 Å². The first-order valence-corrected chi connectivity index (χ1v) is 8.51. The monoisotopic (exact) mass is 344 g/mol. The van der Waals surface area contributed by atoms with Crippen molar-refractivity contribution in [3.8, 4) is 0 Å². The van der Waals surface area contributed by atoms with E-state index in [0.29, 0.717) is 0 Å². The van der Waals surface area contributed by atoms with Gasteiger partial charge in [-0.25, -0.2) is 4.79 Å². The van der Waals surface area contributed by atoms with Gasteiger partial charge in [0.2, 0.25) is 0 Å². The Morgan fingerprint density at radius 3 is 2.64 bits per heavy atom. The van der Waals surface area contributed by atoms with Gasteiger partial charge in [0.1, 0.15) is 0 Å². The highest BCUT2D eigenvalue weighted by molar-refractivity contribution is 5.89. The Bertz CT molecular complexity index is 739. The third-order valence-corrected chi connectivity index (χ3v) is 4.51. The van der Waals surface area contributed by atoms with Crippen molar-refractivity contribution >= 4 is 11.7 Å². The molecule has 2 aromatic rings. The lowest BCUT2D eigenvalue weighted by Gasteiger charge is -2.16. The van der Waals surface area contributed by atoms with E-state index in [1.807, 2.05) is 63.7 Å². The molecule has 25 heavy (non-hydrogen) atoms. The summed E-state index contributed by atoms with van der Waals surface area (Å²) >= 11 is 0. The predicted octanol–water partition coefficient (Wildman–Crippen LogP) is 3.50. The third-order valence-electron chi connectivity index (χ3n) is 4.51. The average molecular weight is 344 g/mol. The summed E-state index contributed by atoms with van der Waals surface area (Å²) in [5, 5.41) is 10.3. The van der Waals surface area contributed by atoms with Crippen molar-refractivity contribution in [2.24, 2.45) is 7.05 Å². The van der Waals surface area contributed by atoms with Crippen LogP contribution in [0.3, 0.4) is 0 Å². The van der Waals surface area contributed by atoms with Crippen LogP contribution in [0.1, 0.15) is 42.5 Å². The molecular formula is C19H28N4O2. The fraction of sp³-hybridized carbons (Fsp3) is 0.474. The van der Waals surface area contributed by atoms with Gasteiger partial charge in [-0.2, -0.15) is 5.10 Å². The molecule has 136 valence electrons. The molecule has 0 spiro atoms. The molecule has 1 aromatic carbocycles. The van der Waals surface area contributed by atoms with Crippen LogP contribution in [0, 0.1) is 13.8 Å². The number of rotatable bonds is 6. The van der Waals surface area contributed by atoms with Gasteiger partial charge < -0.3 is 15.4 Å². The summed E-state index contributed by atoms with van der Waals surface area (Å²) in [6, 6.07) is 7.47. The second-order valence-corrected chi connectivity index (χ2v) is 6.48. The van der Waals surface area contributed by atoms with E-state index in [2.05, 4.69) is 15.7 Å². The van der Waals surface area contributed by atoms with Gasteiger partial charge in [-0.15, -0.1) is 0 Å². The van der Waals surface area contributed by atoms with Crippen molar-refractivity contribution in [1.82, 2.24) is 15.1 Å². The Morgan fingerprint density at radius 2 is 2.04 bits per heavy atom. The molecule has 2 amide bonds. The molecule has 0 aliphatic heterocycles. The van der Waals surface area contributed by atoms with Crippen LogP contribution in [0.15, 0.2) is 24.3 Å². The van der Waals surface area contributed by atoms with Crippen molar-refractivity contribution in [3.63, 3.8) is 0 Å². The van der Waals surface area contributed by atoms with E-state index in [1.165, 1.54) is 5.56 Å². The lowest BCUT2D eigenvalue weighted by atomic mass is 10.1. The highest BCUT2D eigenvalue weighted by Crippen LogP contribution is 2.19. The maximum atomic E-state index is 12.3. The molecule has 6 heteroatoms. The first kappa shape index (κ1) is 19.0. The van der Waals surface area contributed by atoms with Gasteiger partial charge in [0.25, 0.3) is 0 Å². The normalized spacial score (nSPS) is 13.4. The smallest absolute Gasteiger partial charge is 0.319 e. The second-order valence-electron chi connectivity index (χ2n) is 6.48. The summed E-state index contributed by atoms with van der Waals surface area (Å²) in [6.45, 7) is 8.01. The number of ether oxygens (including phenoxy) is 1. The minimum Gasteiger partial charge on any atom is -0.377 e. The van der Waals surface area contributed by atoms with Crippen LogP contribution >= 0.6 is 0 Å². The molecule has 6 nitrogen and oxygen atoms in total. The number of aryl methyl sites for hydroxylation is 2. The van der Waals surface area contributed by atoms with Crippen molar-refractivity contribution in [2.45, 2.75) is 46.3 Å². The van der Waals surface area contributed by atoms with Gasteiger partial charge in [-0.1, -0.05) is 12.1 Å². The van der Waals surface area contributed by atoms with E-state index in [1.54, 1.807) is 7.11 Å². The number of anilines is 1. The molecule has 0 aliphatic carbocycles. The molecule has 0 aliphatic rings. The average Bonchev–Trinajstić information content (AvgIpc) is 2.80. The highest BCUT2D eigenvalue weighted by Gasteiger charge is 2.15. The molecule has 2 N–H and O–H groups in total. The number of amides is 2.